The molecule has 0 aromatic carbocycles. The molecule has 0 radical (unpaired) electrons. The molecule has 1 unspecified atom stereocenters. The van der Waals surface area contributed by atoms with E-state index in [1.165, 1.54) is 0 Å². The van der Waals surface area contributed by atoms with Crippen molar-refractivity contribution in [2.24, 2.45) is 5.92 Å². The standard InChI is InChI=1S/C15H25N5O/c1-4-12-18-13(17-5-2)9-14(19-12)20-8-6-7-11(10-20)15(21)16-3/h9,11H,4-8,10H2,1-3H3,(H,16,21)(H,17,18,19). The van der Waals surface area contributed by atoms with Crippen molar-refractivity contribution < 1.29 is 4.79 Å². The largest absolute Gasteiger partial charge is 0.370 e. The zero-order valence-corrected chi connectivity index (χ0v) is 13.1. The summed E-state index contributed by atoms with van der Waals surface area (Å²) in [4.78, 5) is 23.2. The Kier molecular flexibility index (Phi) is 5.36. The number of carbonyl (C=O) groups is 1. The number of nitrogens with zero attached hydrogens (tertiary/aromatic N) is 3. The Bertz CT molecular complexity index is 491. The third-order valence-electron chi connectivity index (χ3n) is 3.80. The molecule has 1 fully saturated rings. The van der Waals surface area contributed by atoms with Gasteiger partial charge < -0.3 is 15.5 Å². The Morgan fingerprint density at radius 3 is 2.90 bits per heavy atom. The topological polar surface area (TPSA) is 70.2 Å². The maximum Gasteiger partial charge on any atom is 0.224 e. The van der Waals surface area contributed by atoms with Gasteiger partial charge in [0.15, 0.2) is 0 Å². The first-order valence-corrected chi connectivity index (χ1v) is 7.76. The number of aromatic nitrogens is 2. The van der Waals surface area contributed by atoms with Crippen LogP contribution in [-0.4, -0.2) is 42.6 Å². The van der Waals surface area contributed by atoms with Crippen LogP contribution in [-0.2, 0) is 11.2 Å². The highest BCUT2D eigenvalue weighted by Gasteiger charge is 2.26. The predicted octanol–water partition coefficient (Wildman–Crippen LogP) is 1.43. The van der Waals surface area contributed by atoms with E-state index in [9.17, 15) is 4.79 Å². The maximum atomic E-state index is 11.9. The molecule has 1 saturated heterocycles. The van der Waals surface area contributed by atoms with Gasteiger partial charge in [0.25, 0.3) is 0 Å². The van der Waals surface area contributed by atoms with E-state index in [4.69, 9.17) is 0 Å². The van der Waals surface area contributed by atoms with E-state index in [1.54, 1.807) is 7.05 Å². The summed E-state index contributed by atoms with van der Waals surface area (Å²) < 4.78 is 0. The van der Waals surface area contributed by atoms with Crippen molar-refractivity contribution in [1.82, 2.24) is 15.3 Å². The van der Waals surface area contributed by atoms with Crippen LogP contribution in [0, 0.1) is 5.92 Å². The molecule has 2 heterocycles. The summed E-state index contributed by atoms with van der Waals surface area (Å²) in [5, 5.41) is 6.00. The Labute approximate surface area is 126 Å². The lowest BCUT2D eigenvalue weighted by Gasteiger charge is -2.33. The van der Waals surface area contributed by atoms with Crippen molar-refractivity contribution in [1.29, 1.82) is 0 Å². The second-order valence-corrected chi connectivity index (χ2v) is 5.31. The molecule has 116 valence electrons. The molecule has 1 aliphatic heterocycles. The summed E-state index contributed by atoms with van der Waals surface area (Å²) in [5.74, 6) is 2.79. The van der Waals surface area contributed by atoms with E-state index >= 15 is 0 Å². The highest BCUT2D eigenvalue weighted by Crippen LogP contribution is 2.23. The number of anilines is 2. The van der Waals surface area contributed by atoms with Crippen molar-refractivity contribution in [2.75, 3.05) is 36.9 Å². The average Bonchev–Trinajstić information content (AvgIpc) is 2.54. The first-order chi connectivity index (χ1) is 10.2. The van der Waals surface area contributed by atoms with Crippen LogP contribution in [0.15, 0.2) is 6.07 Å². The van der Waals surface area contributed by atoms with Crippen molar-refractivity contribution >= 4 is 17.5 Å². The fraction of sp³-hybridized carbons (Fsp3) is 0.667. The Morgan fingerprint density at radius 2 is 2.24 bits per heavy atom. The normalized spacial score (nSPS) is 18.4. The van der Waals surface area contributed by atoms with E-state index < -0.39 is 0 Å². The highest BCUT2D eigenvalue weighted by molar-refractivity contribution is 5.79. The van der Waals surface area contributed by atoms with E-state index in [1.807, 2.05) is 6.07 Å². The lowest BCUT2D eigenvalue weighted by atomic mass is 9.97. The van der Waals surface area contributed by atoms with Gasteiger partial charge in [-0.05, 0) is 19.8 Å². The summed E-state index contributed by atoms with van der Waals surface area (Å²) >= 11 is 0. The first kappa shape index (κ1) is 15.5. The zero-order valence-electron chi connectivity index (χ0n) is 13.1. The van der Waals surface area contributed by atoms with Crippen LogP contribution in [0.25, 0.3) is 0 Å². The molecule has 21 heavy (non-hydrogen) atoms. The molecule has 0 bridgehead atoms. The van der Waals surface area contributed by atoms with Crippen LogP contribution >= 0.6 is 0 Å². The van der Waals surface area contributed by atoms with Gasteiger partial charge in [-0.1, -0.05) is 6.92 Å². The zero-order chi connectivity index (χ0) is 15.2. The molecular weight excluding hydrogens is 266 g/mol. The number of hydrogen-bond acceptors (Lipinski definition) is 5. The molecule has 1 amide bonds. The predicted molar refractivity (Wildman–Crippen MR) is 84.6 cm³/mol. The third-order valence-corrected chi connectivity index (χ3v) is 3.80. The number of nitrogens with one attached hydrogen (secondary N) is 2. The minimum absolute atomic E-state index is 0.0476. The highest BCUT2D eigenvalue weighted by atomic mass is 16.1. The van der Waals surface area contributed by atoms with Crippen molar-refractivity contribution in [2.45, 2.75) is 33.1 Å². The van der Waals surface area contributed by atoms with Gasteiger partial charge in [0, 0.05) is 39.2 Å². The molecule has 2 N–H and O–H groups in total. The third kappa shape index (κ3) is 3.83. The molecule has 0 saturated carbocycles. The smallest absolute Gasteiger partial charge is 0.224 e. The lowest BCUT2D eigenvalue weighted by molar-refractivity contribution is -0.124. The Balaban J connectivity index is 2.19. The lowest BCUT2D eigenvalue weighted by Crippen LogP contribution is -2.42. The molecule has 1 atom stereocenters. The second-order valence-electron chi connectivity index (χ2n) is 5.31. The molecule has 1 aromatic rings. The maximum absolute atomic E-state index is 11.9. The van der Waals surface area contributed by atoms with Gasteiger partial charge >= 0.3 is 0 Å². The van der Waals surface area contributed by atoms with Crippen LogP contribution in [0.3, 0.4) is 0 Å². The van der Waals surface area contributed by atoms with Gasteiger partial charge in [-0.25, -0.2) is 9.97 Å². The van der Waals surface area contributed by atoms with Gasteiger partial charge in [0.05, 0.1) is 5.92 Å². The summed E-state index contributed by atoms with van der Waals surface area (Å²) in [6.07, 6.45) is 2.76. The average molecular weight is 291 g/mol. The number of amides is 1. The Hall–Kier alpha value is -1.85. The minimum atomic E-state index is 0.0476. The quantitative estimate of drug-likeness (QED) is 0.859. The first-order valence-electron chi connectivity index (χ1n) is 7.76. The monoisotopic (exact) mass is 291 g/mol. The van der Waals surface area contributed by atoms with Gasteiger partial charge in [-0.15, -0.1) is 0 Å². The van der Waals surface area contributed by atoms with Crippen LogP contribution in [0.2, 0.25) is 0 Å². The van der Waals surface area contributed by atoms with Crippen LogP contribution < -0.4 is 15.5 Å². The van der Waals surface area contributed by atoms with Gasteiger partial charge in [-0.2, -0.15) is 0 Å². The van der Waals surface area contributed by atoms with Gasteiger partial charge in [0.2, 0.25) is 5.91 Å². The summed E-state index contributed by atoms with van der Waals surface area (Å²) in [6, 6.07) is 1.98. The van der Waals surface area contributed by atoms with Crippen molar-refractivity contribution in [3.8, 4) is 0 Å². The van der Waals surface area contributed by atoms with E-state index in [0.29, 0.717) is 0 Å². The fourth-order valence-corrected chi connectivity index (χ4v) is 2.68. The summed E-state index contributed by atoms with van der Waals surface area (Å²) in [6.45, 7) is 6.61. The molecule has 6 heteroatoms. The van der Waals surface area contributed by atoms with Crippen LogP contribution in [0.4, 0.5) is 11.6 Å². The molecular formula is C15H25N5O. The van der Waals surface area contributed by atoms with Crippen molar-refractivity contribution in [3.05, 3.63) is 11.9 Å². The van der Waals surface area contributed by atoms with E-state index in [0.717, 1.165) is 56.4 Å². The molecule has 2 rings (SSSR count). The van der Waals surface area contributed by atoms with Gasteiger partial charge in [0.1, 0.15) is 17.5 Å². The SMILES string of the molecule is CCNc1cc(N2CCCC(C(=O)NC)C2)nc(CC)n1. The van der Waals surface area contributed by atoms with Gasteiger partial charge in [-0.3, -0.25) is 4.79 Å². The van der Waals surface area contributed by atoms with Crippen LogP contribution in [0.1, 0.15) is 32.5 Å². The Morgan fingerprint density at radius 1 is 1.43 bits per heavy atom. The van der Waals surface area contributed by atoms with E-state index in [2.05, 4.69) is 39.3 Å². The molecule has 1 aromatic heterocycles. The molecule has 6 nitrogen and oxygen atoms in total. The molecule has 0 aliphatic carbocycles. The summed E-state index contributed by atoms with van der Waals surface area (Å²) in [5.41, 5.74) is 0. The molecule has 0 spiro atoms. The minimum Gasteiger partial charge on any atom is -0.370 e. The van der Waals surface area contributed by atoms with Crippen LogP contribution in [0.5, 0.6) is 0 Å². The number of rotatable bonds is 5. The van der Waals surface area contributed by atoms with Crippen molar-refractivity contribution in [3.63, 3.8) is 0 Å². The number of piperidine rings is 1. The fourth-order valence-electron chi connectivity index (χ4n) is 2.68. The number of carbonyl (C=O) groups excluding carboxylic acids is 1. The van der Waals surface area contributed by atoms with E-state index in [-0.39, 0.29) is 11.8 Å². The number of hydrogen-bond donors (Lipinski definition) is 2. The summed E-state index contributed by atoms with van der Waals surface area (Å²) in [7, 11) is 1.70. The second kappa shape index (κ2) is 7.24. The molecule has 1 aliphatic rings. The number of aryl methyl sites for hydroxylation is 1.